The fourth-order valence-electron chi connectivity index (χ4n) is 2.23. The largest absolute Gasteiger partial charge is 0.334 e. The first-order valence-corrected chi connectivity index (χ1v) is 7.23. The van der Waals surface area contributed by atoms with Gasteiger partial charge in [0.2, 0.25) is 0 Å². The summed E-state index contributed by atoms with van der Waals surface area (Å²) >= 11 is 0. The molecule has 0 aliphatic carbocycles. The lowest BCUT2D eigenvalue weighted by molar-refractivity contribution is 0.251. The van der Waals surface area contributed by atoms with E-state index in [9.17, 15) is 9.18 Å². The van der Waals surface area contributed by atoms with Crippen LogP contribution in [0.2, 0.25) is 0 Å². The molecule has 1 heterocycles. The SMILES string of the molecule is O=C(NCc1cccc(F)c1)Nc1ccc(-n2cccc2)cc1. The van der Waals surface area contributed by atoms with Crippen LogP contribution < -0.4 is 10.6 Å². The van der Waals surface area contributed by atoms with Crippen LogP contribution in [-0.2, 0) is 6.54 Å². The van der Waals surface area contributed by atoms with Crippen LogP contribution >= 0.6 is 0 Å². The zero-order valence-corrected chi connectivity index (χ0v) is 12.4. The van der Waals surface area contributed by atoms with Gasteiger partial charge in [0, 0.05) is 30.3 Å². The topological polar surface area (TPSA) is 46.1 Å². The van der Waals surface area contributed by atoms with Crippen molar-refractivity contribution in [1.29, 1.82) is 0 Å². The number of anilines is 1. The molecular weight excluding hydrogens is 293 g/mol. The first-order chi connectivity index (χ1) is 11.2. The molecule has 0 atom stereocenters. The van der Waals surface area contributed by atoms with Gasteiger partial charge in [-0.3, -0.25) is 0 Å². The Morgan fingerprint density at radius 1 is 1.00 bits per heavy atom. The average molecular weight is 309 g/mol. The van der Waals surface area contributed by atoms with Gasteiger partial charge in [-0.2, -0.15) is 0 Å². The van der Waals surface area contributed by atoms with Crippen LogP contribution in [0.1, 0.15) is 5.56 Å². The Labute approximate surface area is 133 Å². The molecule has 0 aliphatic heterocycles. The molecule has 0 unspecified atom stereocenters. The van der Waals surface area contributed by atoms with Crippen LogP contribution in [0, 0.1) is 5.82 Å². The second-order valence-electron chi connectivity index (χ2n) is 5.07. The lowest BCUT2D eigenvalue weighted by Gasteiger charge is -2.09. The van der Waals surface area contributed by atoms with E-state index in [-0.39, 0.29) is 18.4 Å². The highest BCUT2D eigenvalue weighted by atomic mass is 19.1. The molecule has 0 spiro atoms. The lowest BCUT2D eigenvalue weighted by atomic mass is 10.2. The van der Waals surface area contributed by atoms with Crippen molar-refractivity contribution < 1.29 is 9.18 Å². The van der Waals surface area contributed by atoms with Crippen molar-refractivity contribution in [3.63, 3.8) is 0 Å². The van der Waals surface area contributed by atoms with E-state index < -0.39 is 0 Å². The number of hydrogen-bond acceptors (Lipinski definition) is 1. The van der Waals surface area contributed by atoms with E-state index in [2.05, 4.69) is 10.6 Å². The lowest BCUT2D eigenvalue weighted by Crippen LogP contribution is -2.28. The normalized spacial score (nSPS) is 10.3. The Hall–Kier alpha value is -3.08. The number of rotatable bonds is 4. The van der Waals surface area contributed by atoms with E-state index in [0.717, 1.165) is 5.69 Å². The molecule has 116 valence electrons. The van der Waals surface area contributed by atoms with Crippen LogP contribution in [0.5, 0.6) is 0 Å². The van der Waals surface area contributed by atoms with Crippen LogP contribution in [0.4, 0.5) is 14.9 Å². The van der Waals surface area contributed by atoms with Gasteiger partial charge in [0.1, 0.15) is 5.82 Å². The highest BCUT2D eigenvalue weighted by Crippen LogP contribution is 2.13. The van der Waals surface area contributed by atoms with Crippen LogP contribution in [0.3, 0.4) is 0 Å². The molecule has 1 aromatic heterocycles. The summed E-state index contributed by atoms with van der Waals surface area (Å²) in [5.74, 6) is -0.315. The van der Waals surface area contributed by atoms with Gasteiger partial charge in [0.15, 0.2) is 0 Å². The summed E-state index contributed by atoms with van der Waals surface area (Å²) in [5.41, 5.74) is 2.42. The Morgan fingerprint density at radius 3 is 2.43 bits per heavy atom. The van der Waals surface area contributed by atoms with Gasteiger partial charge in [-0.25, -0.2) is 9.18 Å². The van der Waals surface area contributed by atoms with E-state index in [0.29, 0.717) is 11.3 Å². The first-order valence-electron chi connectivity index (χ1n) is 7.23. The summed E-state index contributed by atoms with van der Waals surface area (Å²) in [6.07, 6.45) is 3.91. The number of nitrogens with one attached hydrogen (secondary N) is 2. The first kappa shape index (κ1) is 14.8. The van der Waals surface area contributed by atoms with Crippen LogP contribution in [-0.4, -0.2) is 10.6 Å². The molecule has 0 radical (unpaired) electrons. The van der Waals surface area contributed by atoms with Gasteiger partial charge in [0.25, 0.3) is 0 Å². The molecular formula is C18H16FN3O. The number of urea groups is 1. The van der Waals surface area contributed by atoms with Crippen molar-refractivity contribution >= 4 is 11.7 Å². The highest BCUT2D eigenvalue weighted by Gasteiger charge is 2.03. The summed E-state index contributed by atoms with van der Waals surface area (Å²) in [6, 6.07) is 17.2. The van der Waals surface area contributed by atoms with Crippen molar-refractivity contribution in [2.45, 2.75) is 6.54 Å². The van der Waals surface area contributed by atoms with Gasteiger partial charge >= 0.3 is 6.03 Å². The Morgan fingerprint density at radius 2 is 1.74 bits per heavy atom. The quantitative estimate of drug-likeness (QED) is 0.753. The third-order valence-corrected chi connectivity index (χ3v) is 3.37. The second-order valence-corrected chi connectivity index (χ2v) is 5.07. The minimum Gasteiger partial charge on any atom is -0.334 e. The number of aromatic nitrogens is 1. The van der Waals surface area contributed by atoms with Gasteiger partial charge in [-0.15, -0.1) is 0 Å². The number of carbonyl (C=O) groups excluding carboxylic acids is 1. The molecule has 2 aromatic carbocycles. The highest BCUT2D eigenvalue weighted by molar-refractivity contribution is 5.89. The van der Waals surface area contributed by atoms with Gasteiger partial charge in [-0.1, -0.05) is 12.1 Å². The molecule has 5 heteroatoms. The predicted molar refractivity (Wildman–Crippen MR) is 88.0 cm³/mol. The molecule has 3 rings (SSSR count). The Kier molecular flexibility index (Phi) is 4.38. The van der Waals surface area contributed by atoms with E-state index >= 15 is 0 Å². The van der Waals surface area contributed by atoms with Gasteiger partial charge in [-0.05, 0) is 54.1 Å². The number of hydrogen-bond donors (Lipinski definition) is 2. The zero-order valence-electron chi connectivity index (χ0n) is 12.4. The average Bonchev–Trinajstić information content (AvgIpc) is 3.08. The van der Waals surface area contributed by atoms with E-state index in [1.54, 1.807) is 12.1 Å². The third-order valence-electron chi connectivity index (χ3n) is 3.37. The molecule has 2 N–H and O–H groups in total. The maximum atomic E-state index is 13.1. The molecule has 0 fully saturated rings. The van der Waals surface area contributed by atoms with E-state index in [1.165, 1.54) is 12.1 Å². The molecule has 3 aromatic rings. The van der Waals surface area contributed by atoms with Crippen molar-refractivity contribution in [2.24, 2.45) is 0 Å². The molecule has 0 saturated carbocycles. The van der Waals surface area contributed by atoms with E-state index in [4.69, 9.17) is 0 Å². The van der Waals surface area contributed by atoms with E-state index in [1.807, 2.05) is 53.4 Å². The number of carbonyl (C=O) groups is 1. The third kappa shape index (κ3) is 3.97. The monoisotopic (exact) mass is 309 g/mol. The molecule has 0 aliphatic rings. The van der Waals surface area contributed by atoms with Crippen molar-refractivity contribution in [3.8, 4) is 5.69 Å². The number of nitrogens with zero attached hydrogens (tertiary/aromatic N) is 1. The van der Waals surface area contributed by atoms with Crippen molar-refractivity contribution in [3.05, 3.63) is 84.4 Å². The fraction of sp³-hybridized carbons (Fsp3) is 0.0556. The zero-order chi connectivity index (χ0) is 16.1. The second kappa shape index (κ2) is 6.79. The van der Waals surface area contributed by atoms with Crippen LogP contribution in [0.15, 0.2) is 73.1 Å². The summed E-state index contributed by atoms with van der Waals surface area (Å²) in [6.45, 7) is 0.269. The fourth-order valence-corrected chi connectivity index (χ4v) is 2.23. The summed E-state index contributed by atoms with van der Waals surface area (Å²) in [5, 5.41) is 5.44. The van der Waals surface area contributed by atoms with Crippen molar-refractivity contribution in [2.75, 3.05) is 5.32 Å². The summed E-state index contributed by atoms with van der Waals surface area (Å²) in [4.78, 5) is 11.9. The molecule has 2 amide bonds. The number of halogens is 1. The molecule has 0 bridgehead atoms. The predicted octanol–water partition coefficient (Wildman–Crippen LogP) is 3.94. The summed E-state index contributed by atoms with van der Waals surface area (Å²) in [7, 11) is 0. The Balaban J connectivity index is 1.55. The molecule has 4 nitrogen and oxygen atoms in total. The number of amides is 2. The van der Waals surface area contributed by atoms with Gasteiger partial charge < -0.3 is 15.2 Å². The number of benzene rings is 2. The minimum atomic E-state index is -0.331. The van der Waals surface area contributed by atoms with Crippen LogP contribution in [0.25, 0.3) is 5.69 Å². The van der Waals surface area contributed by atoms with Gasteiger partial charge in [0.05, 0.1) is 0 Å². The summed E-state index contributed by atoms with van der Waals surface area (Å²) < 4.78 is 15.0. The Bertz CT molecular complexity index is 782. The molecule has 23 heavy (non-hydrogen) atoms. The minimum absolute atomic E-state index is 0.269. The molecule has 0 saturated heterocycles. The van der Waals surface area contributed by atoms with Crippen molar-refractivity contribution in [1.82, 2.24) is 9.88 Å². The maximum Gasteiger partial charge on any atom is 0.319 e. The standard InChI is InChI=1S/C18H16FN3O/c19-15-5-3-4-14(12-15)13-20-18(23)21-16-6-8-17(9-7-16)22-10-1-2-11-22/h1-12H,13H2,(H2,20,21,23). The maximum absolute atomic E-state index is 13.1. The smallest absolute Gasteiger partial charge is 0.319 e.